The molecule has 1 aromatic rings. The van der Waals surface area contributed by atoms with Gasteiger partial charge in [0.15, 0.2) is 5.13 Å². The number of rotatable bonds is 1. The molecule has 11 heavy (non-hydrogen) atoms. The van der Waals surface area contributed by atoms with Crippen LogP contribution in [0.25, 0.3) is 0 Å². The molecule has 60 valence electrons. The molecular formula is C7H9BrN2S. The largest absolute Gasteiger partial charge is 0.347 e. The van der Waals surface area contributed by atoms with Crippen LogP contribution in [0.4, 0.5) is 5.13 Å². The van der Waals surface area contributed by atoms with Crippen molar-refractivity contribution in [2.75, 3.05) is 18.0 Å². The van der Waals surface area contributed by atoms with Gasteiger partial charge in [0.05, 0.1) is 9.98 Å². The Labute approximate surface area is 78.4 Å². The fourth-order valence-corrected chi connectivity index (χ4v) is 2.45. The van der Waals surface area contributed by atoms with E-state index in [4.69, 9.17) is 0 Å². The predicted molar refractivity (Wildman–Crippen MR) is 51.2 cm³/mol. The van der Waals surface area contributed by atoms with E-state index >= 15 is 0 Å². The van der Waals surface area contributed by atoms with Gasteiger partial charge in [0.1, 0.15) is 0 Å². The topological polar surface area (TPSA) is 16.1 Å². The van der Waals surface area contributed by atoms with Gasteiger partial charge in [-0.25, -0.2) is 4.98 Å². The smallest absolute Gasteiger partial charge is 0.186 e. The van der Waals surface area contributed by atoms with Gasteiger partial charge in [-0.2, -0.15) is 0 Å². The lowest BCUT2D eigenvalue weighted by Crippen LogP contribution is -2.45. The molecule has 0 radical (unpaired) electrons. The Balaban J connectivity index is 2.07. The lowest BCUT2D eigenvalue weighted by molar-refractivity contribution is 0.446. The Kier molecular flexibility index (Phi) is 1.89. The number of thiazole rings is 1. The molecule has 0 spiro atoms. The van der Waals surface area contributed by atoms with Gasteiger partial charge in [-0.3, -0.25) is 0 Å². The number of anilines is 1. The summed E-state index contributed by atoms with van der Waals surface area (Å²) in [5.41, 5.74) is 0. The Morgan fingerprint density at radius 3 is 2.91 bits per heavy atom. The molecule has 0 saturated carbocycles. The van der Waals surface area contributed by atoms with Crippen molar-refractivity contribution in [3.05, 3.63) is 9.98 Å². The number of aromatic nitrogens is 1. The third-order valence-electron chi connectivity index (χ3n) is 1.80. The van der Waals surface area contributed by atoms with Gasteiger partial charge < -0.3 is 4.90 Å². The van der Waals surface area contributed by atoms with Crippen molar-refractivity contribution in [2.45, 2.75) is 6.92 Å². The third kappa shape index (κ3) is 1.42. The zero-order valence-corrected chi connectivity index (χ0v) is 8.65. The minimum Gasteiger partial charge on any atom is -0.347 e. The number of hydrogen-bond acceptors (Lipinski definition) is 3. The molecule has 4 heteroatoms. The molecule has 0 bridgehead atoms. The minimum atomic E-state index is 0.845. The van der Waals surface area contributed by atoms with Crippen LogP contribution in [-0.2, 0) is 0 Å². The molecule has 1 aliphatic heterocycles. The molecule has 1 aliphatic rings. The Morgan fingerprint density at radius 2 is 2.45 bits per heavy atom. The second-order valence-electron chi connectivity index (χ2n) is 2.96. The van der Waals surface area contributed by atoms with Crippen LogP contribution in [0.1, 0.15) is 6.92 Å². The molecule has 1 fully saturated rings. The van der Waals surface area contributed by atoms with Gasteiger partial charge in [-0.05, 0) is 21.8 Å². The molecule has 0 N–H and O–H groups in total. The quantitative estimate of drug-likeness (QED) is 0.740. The van der Waals surface area contributed by atoms with Gasteiger partial charge in [0.25, 0.3) is 0 Å². The first kappa shape index (κ1) is 7.55. The van der Waals surface area contributed by atoms with Crippen molar-refractivity contribution in [2.24, 2.45) is 5.92 Å². The van der Waals surface area contributed by atoms with E-state index in [1.807, 2.05) is 6.20 Å². The summed E-state index contributed by atoms with van der Waals surface area (Å²) in [6.45, 7) is 4.60. The second kappa shape index (κ2) is 2.75. The fourth-order valence-electron chi connectivity index (χ4n) is 1.25. The predicted octanol–water partition coefficient (Wildman–Crippen LogP) is 2.36. The zero-order valence-electron chi connectivity index (χ0n) is 6.25. The summed E-state index contributed by atoms with van der Waals surface area (Å²) >= 11 is 5.10. The highest BCUT2D eigenvalue weighted by molar-refractivity contribution is 9.11. The summed E-state index contributed by atoms with van der Waals surface area (Å²) in [6.07, 6.45) is 1.86. The number of hydrogen-bond donors (Lipinski definition) is 0. The highest BCUT2D eigenvalue weighted by Gasteiger charge is 2.24. The van der Waals surface area contributed by atoms with Crippen molar-refractivity contribution in [1.29, 1.82) is 0 Å². The van der Waals surface area contributed by atoms with Gasteiger partial charge >= 0.3 is 0 Å². The van der Waals surface area contributed by atoms with Crippen LogP contribution in [0.15, 0.2) is 9.98 Å². The molecule has 2 nitrogen and oxygen atoms in total. The van der Waals surface area contributed by atoms with E-state index in [2.05, 4.69) is 32.7 Å². The summed E-state index contributed by atoms with van der Waals surface area (Å²) < 4.78 is 1.12. The Morgan fingerprint density at radius 1 is 1.73 bits per heavy atom. The van der Waals surface area contributed by atoms with Crippen molar-refractivity contribution in [1.82, 2.24) is 4.98 Å². The standard InChI is InChI=1S/C7H9BrN2S/c1-5-3-10(4-5)7-9-2-6(8)11-7/h2,5H,3-4H2,1H3. The lowest BCUT2D eigenvalue weighted by Gasteiger charge is -2.36. The van der Waals surface area contributed by atoms with E-state index in [-0.39, 0.29) is 0 Å². The maximum Gasteiger partial charge on any atom is 0.186 e. The molecule has 1 aromatic heterocycles. The van der Waals surface area contributed by atoms with Crippen molar-refractivity contribution in [3.63, 3.8) is 0 Å². The average Bonchev–Trinajstić information content (AvgIpc) is 2.29. The molecule has 0 amide bonds. The molecule has 0 aliphatic carbocycles. The maximum atomic E-state index is 4.27. The highest BCUT2D eigenvalue weighted by Crippen LogP contribution is 2.30. The first-order valence-corrected chi connectivity index (χ1v) is 5.23. The molecular weight excluding hydrogens is 224 g/mol. The van der Waals surface area contributed by atoms with Crippen molar-refractivity contribution in [3.8, 4) is 0 Å². The van der Waals surface area contributed by atoms with E-state index in [9.17, 15) is 0 Å². The molecule has 0 unspecified atom stereocenters. The molecule has 0 aromatic carbocycles. The monoisotopic (exact) mass is 232 g/mol. The highest BCUT2D eigenvalue weighted by atomic mass is 79.9. The fraction of sp³-hybridized carbons (Fsp3) is 0.571. The van der Waals surface area contributed by atoms with Crippen LogP contribution >= 0.6 is 27.3 Å². The SMILES string of the molecule is CC1CN(c2ncc(Br)s2)C1. The van der Waals surface area contributed by atoms with Gasteiger partial charge in [-0.15, -0.1) is 0 Å². The van der Waals surface area contributed by atoms with Crippen LogP contribution in [0, 0.1) is 5.92 Å². The van der Waals surface area contributed by atoms with Crippen molar-refractivity contribution < 1.29 is 0 Å². The average molecular weight is 233 g/mol. The Bertz CT molecular complexity index is 255. The van der Waals surface area contributed by atoms with E-state index in [1.165, 1.54) is 13.1 Å². The van der Waals surface area contributed by atoms with Crippen LogP contribution in [0.5, 0.6) is 0 Å². The van der Waals surface area contributed by atoms with Crippen LogP contribution in [0.2, 0.25) is 0 Å². The van der Waals surface area contributed by atoms with Gasteiger partial charge in [-0.1, -0.05) is 18.3 Å². The van der Waals surface area contributed by atoms with E-state index in [1.54, 1.807) is 11.3 Å². The molecule has 1 saturated heterocycles. The van der Waals surface area contributed by atoms with Gasteiger partial charge in [0.2, 0.25) is 0 Å². The van der Waals surface area contributed by atoms with Crippen LogP contribution in [-0.4, -0.2) is 18.1 Å². The van der Waals surface area contributed by atoms with Crippen LogP contribution < -0.4 is 4.90 Å². The molecule has 2 rings (SSSR count). The summed E-state index contributed by atoms with van der Waals surface area (Å²) in [6, 6.07) is 0. The van der Waals surface area contributed by atoms with E-state index < -0.39 is 0 Å². The number of halogens is 1. The summed E-state index contributed by atoms with van der Waals surface area (Å²) in [4.78, 5) is 6.58. The maximum absolute atomic E-state index is 4.27. The van der Waals surface area contributed by atoms with Gasteiger partial charge in [0, 0.05) is 13.1 Å². The lowest BCUT2D eigenvalue weighted by atomic mass is 10.0. The van der Waals surface area contributed by atoms with E-state index in [0.29, 0.717) is 0 Å². The summed E-state index contributed by atoms with van der Waals surface area (Å²) in [7, 11) is 0. The minimum absolute atomic E-state index is 0.845. The Hall–Kier alpha value is -0.0900. The summed E-state index contributed by atoms with van der Waals surface area (Å²) in [5, 5.41) is 1.15. The molecule has 2 heterocycles. The van der Waals surface area contributed by atoms with Crippen molar-refractivity contribution >= 4 is 32.4 Å². The molecule has 0 atom stereocenters. The number of nitrogens with zero attached hydrogens (tertiary/aromatic N) is 2. The third-order valence-corrected chi connectivity index (χ3v) is 3.34. The first-order chi connectivity index (χ1) is 5.25. The summed E-state index contributed by atoms with van der Waals surface area (Å²) in [5.74, 6) is 0.845. The van der Waals surface area contributed by atoms with E-state index in [0.717, 1.165) is 14.8 Å². The normalized spacial score (nSPS) is 18.5. The first-order valence-electron chi connectivity index (χ1n) is 3.62. The second-order valence-corrected chi connectivity index (χ2v) is 5.35. The zero-order chi connectivity index (χ0) is 7.84. The van der Waals surface area contributed by atoms with Crippen LogP contribution in [0.3, 0.4) is 0 Å².